The molecule has 8 heteroatoms. The molecule has 114 valence electrons. The molecule has 5 nitrogen and oxygen atoms in total. The minimum Gasteiger partial charge on any atom is -0.433 e. The number of rotatable bonds is 3. The SMILES string of the molecule is O=C1N[C@@H](c2ccc(OC(F)F)c(Cl)c2)N2CCOC[C@H]12. The molecular formula is C13H13ClF2N2O3. The summed E-state index contributed by atoms with van der Waals surface area (Å²) in [6, 6.07) is 4.21. The average molecular weight is 319 g/mol. The van der Waals surface area contributed by atoms with Crippen LogP contribution < -0.4 is 10.1 Å². The molecular weight excluding hydrogens is 306 g/mol. The Kier molecular flexibility index (Phi) is 3.97. The number of carbonyl (C=O) groups excluding carboxylic acids is 1. The molecule has 0 aromatic heterocycles. The van der Waals surface area contributed by atoms with Crippen molar-refractivity contribution in [1.29, 1.82) is 0 Å². The average Bonchev–Trinajstić information content (AvgIpc) is 2.79. The maximum absolute atomic E-state index is 12.2. The number of nitrogens with one attached hydrogen (secondary N) is 1. The lowest BCUT2D eigenvalue weighted by Crippen LogP contribution is -2.44. The van der Waals surface area contributed by atoms with Crippen molar-refractivity contribution in [1.82, 2.24) is 10.2 Å². The molecule has 0 aliphatic carbocycles. The molecule has 2 aliphatic rings. The van der Waals surface area contributed by atoms with E-state index in [0.29, 0.717) is 19.8 Å². The summed E-state index contributed by atoms with van der Waals surface area (Å²) >= 11 is 5.95. The fourth-order valence-corrected chi connectivity index (χ4v) is 2.85. The Morgan fingerprint density at radius 1 is 1.48 bits per heavy atom. The molecule has 0 spiro atoms. The highest BCUT2D eigenvalue weighted by molar-refractivity contribution is 6.32. The first-order chi connectivity index (χ1) is 10.1. The van der Waals surface area contributed by atoms with E-state index in [2.05, 4.69) is 10.1 Å². The lowest BCUT2D eigenvalue weighted by molar-refractivity contribution is -0.125. The Balaban J connectivity index is 1.83. The van der Waals surface area contributed by atoms with Crippen LogP contribution in [0.15, 0.2) is 18.2 Å². The van der Waals surface area contributed by atoms with Crippen LogP contribution in [0.1, 0.15) is 11.7 Å². The van der Waals surface area contributed by atoms with Crippen molar-refractivity contribution in [3.8, 4) is 5.75 Å². The maximum atomic E-state index is 12.2. The normalized spacial score (nSPS) is 25.8. The Labute approximate surface area is 124 Å². The number of fused-ring (bicyclic) bond motifs is 1. The van der Waals surface area contributed by atoms with Crippen LogP contribution in [0, 0.1) is 0 Å². The van der Waals surface area contributed by atoms with Gasteiger partial charge in [0.2, 0.25) is 5.91 Å². The highest BCUT2D eigenvalue weighted by Crippen LogP contribution is 2.33. The van der Waals surface area contributed by atoms with E-state index in [4.69, 9.17) is 16.3 Å². The lowest BCUT2D eigenvalue weighted by Gasteiger charge is -2.31. The van der Waals surface area contributed by atoms with Gasteiger partial charge in [0.25, 0.3) is 0 Å². The van der Waals surface area contributed by atoms with Crippen LogP contribution in [-0.2, 0) is 9.53 Å². The number of benzene rings is 1. The van der Waals surface area contributed by atoms with Crippen molar-refractivity contribution in [2.45, 2.75) is 18.8 Å². The molecule has 0 radical (unpaired) electrons. The number of ether oxygens (including phenoxy) is 2. The number of hydrogen-bond acceptors (Lipinski definition) is 4. The Hall–Kier alpha value is -1.44. The van der Waals surface area contributed by atoms with Crippen molar-refractivity contribution in [3.63, 3.8) is 0 Å². The van der Waals surface area contributed by atoms with Crippen LogP contribution in [0.5, 0.6) is 5.75 Å². The van der Waals surface area contributed by atoms with Crippen molar-refractivity contribution in [2.24, 2.45) is 0 Å². The molecule has 2 saturated heterocycles. The third-order valence-electron chi connectivity index (χ3n) is 3.57. The van der Waals surface area contributed by atoms with Crippen LogP contribution in [0.2, 0.25) is 5.02 Å². The lowest BCUT2D eigenvalue weighted by atomic mass is 10.1. The smallest absolute Gasteiger partial charge is 0.387 e. The summed E-state index contributed by atoms with van der Waals surface area (Å²) in [5.41, 5.74) is 0.722. The summed E-state index contributed by atoms with van der Waals surface area (Å²) in [6.45, 7) is -1.42. The number of amides is 1. The van der Waals surface area contributed by atoms with E-state index < -0.39 is 6.61 Å². The second-order valence-corrected chi connectivity index (χ2v) is 5.22. The second kappa shape index (κ2) is 5.75. The summed E-state index contributed by atoms with van der Waals surface area (Å²) in [5, 5.41) is 2.94. The first-order valence-corrected chi connectivity index (χ1v) is 6.82. The summed E-state index contributed by atoms with van der Waals surface area (Å²) in [7, 11) is 0. The number of halogens is 3. The van der Waals surface area contributed by atoms with Crippen LogP contribution in [0.25, 0.3) is 0 Å². The van der Waals surface area contributed by atoms with Gasteiger partial charge >= 0.3 is 6.61 Å². The van der Waals surface area contributed by atoms with Crippen LogP contribution in [0.4, 0.5) is 8.78 Å². The molecule has 2 fully saturated rings. The number of alkyl halides is 2. The zero-order chi connectivity index (χ0) is 15.0. The molecule has 2 aliphatic heterocycles. The molecule has 2 atom stereocenters. The zero-order valence-electron chi connectivity index (χ0n) is 10.9. The minimum atomic E-state index is -2.93. The third-order valence-corrected chi connectivity index (χ3v) is 3.87. The van der Waals surface area contributed by atoms with E-state index >= 15 is 0 Å². The predicted octanol–water partition coefficient (Wildman–Crippen LogP) is 1.77. The second-order valence-electron chi connectivity index (χ2n) is 4.81. The molecule has 3 rings (SSSR count). The highest BCUT2D eigenvalue weighted by Gasteiger charge is 2.42. The molecule has 1 aromatic carbocycles. The molecule has 1 amide bonds. The Bertz CT molecular complexity index is 558. The summed E-state index contributed by atoms with van der Waals surface area (Å²) in [5.74, 6) is -0.193. The quantitative estimate of drug-likeness (QED) is 0.923. The number of carbonyl (C=O) groups is 1. The summed E-state index contributed by atoms with van der Waals surface area (Å²) in [6.07, 6.45) is -0.329. The van der Waals surface area contributed by atoms with E-state index in [-0.39, 0.29) is 28.9 Å². The van der Waals surface area contributed by atoms with E-state index in [1.807, 2.05) is 4.90 Å². The number of nitrogens with zero attached hydrogens (tertiary/aromatic N) is 1. The van der Waals surface area contributed by atoms with E-state index in [1.54, 1.807) is 6.07 Å². The standard InChI is InChI=1S/C13H13ClF2N2O3/c14-8-5-7(1-2-10(8)21-13(15)16)11-17-12(19)9-6-20-4-3-18(9)11/h1-2,5,9,11,13H,3-4,6H2,(H,17,19)/t9-,11-/m1/s1. The third kappa shape index (κ3) is 2.81. The number of hydrogen-bond donors (Lipinski definition) is 1. The van der Waals surface area contributed by atoms with Crippen LogP contribution >= 0.6 is 11.6 Å². The van der Waals surface area contributed by atoms with Gasteiger partial charge in [0, 0.05) is 6.54 Å². The zero-order valence-corrected chi connectivity index (χ0v) is 11.6. The van der Waals surface area contributed by atoms with Crippen molar-refractivity contribution >= 4 is 17.5 Å². The predicted molar refractivity (Wildman–Crippen MR) is 70.3 cm³/mol. The van der Waals surface area contributed by atoms with Crippen LogP contribution in [0.3, 0.4) is 0 Å². The Morgan fingerprint density at radius 2 is 2.29 bits per heavy atom. The molecule has 1 N–H and O–H groups in total. The van der Waals surface area contributed by atoms with Gasteiger partial charge in [-0.25, -0.2) is 0 Å². The summed E-state index contributed by atoms with van der Waals surface area (Å²) in [4.78, 5) is 13.9. The van der Waals surface area contributed by atoms with Gasteiger partial charge in [-0.2, -0.15) is 8.78 Å². The van der Waals surface area contributed by atoms with E-state index in [9.17, 15) is 13.6 Å². The van der Waals surface area contributed by atoms with Gasteiger partial charge in [0.15, 0.2) is 0 Å². The van der Waals surface area contributed by atoms with E-state index in [0.717, 1.165) is 5.56 Å². The maximum Gasteiger partial charge on any atom is 0.387 e. The fraction of sp³-hybridized carbons (Fsp3) is 0.462. The van der Waals surface area contributed by atoms with Gasteiger partial charge in [-0.3, -0.25) is 9.69 Å². The van der Waals surface area contributed by atoms with Crippen molar-refractivity contribution in [3.05, 3.63) is 28.8 Å². The Morgan fingerprint density at radius 3 is 3.00 bits per heavy atom. The largest absolute Gasteiger partial charge is 0.433 e. The van der Waals surface area contributed by atoms with Crippen molar-refractivity contribution < 1.29 is 23.0 Å². The molecule has 1 aromatic rings. The monoisotopic (exact) mass is 318 g/mol. The number of morpholine rings is 1. The summed E-state index contributed by atoms with van der Waals surface area (Å²) < 4.78 is 34.0. The molecule has 21 heavy (non-hydrogen) atoms. The van der Waals surface area contributed by atoms with Gasteiger partial charge in [-0.1, -0.05) is 17.7 Å². The van der Waals surface area contributed by atoms with Gasteiger partial charge in [0.1, 0.15) is 18.0 Å². The molecule has 0 unspecified atom stereocenters. The molecule has 0 saturated carbocycles. The van der Waals surface area contributed by atoms with Gasteiger partial charge in [-0.15, -0.1) is 0 Å². The van der Waals surface area contributed by atoms with Crippen LogP contribution in [-0.4, -0.2) is 43.2 Å². The minimum absolute atomic E-state index is 0.0822. The topological polar surface area (TPSA) is 50.8 Å². The van der Waals surface area contributed by atoms with E-state index in [1.165, 1.54) is 12.1 Å². The molecule has 0 bridgehead atoms. The molecule has 2 heterocycles. The van der Waals surface area contributed by atoms with Gasteiger partial charge in [-0.05, 0) is 17.7 Å². The highest BCUT2D eigenvalue weighted by atomic mass is 35.5. The van der Waals surface area contributed by atoms with Gasteiger partial charge < -0.3 is 14.8 Å². The van der Waals surface area contributed by atoms with Crippen molar-refractivity contribution in [2.75, 3.05) is 19.8 Å². The fourth-order valence-electron chi connectivity index (χ4n) is 2.62. The first-order valence-electron chi connectivity index (χ1n) is 6.44. The first kappa shape index (κ1) is 14.5. The van der Waals surface area contributed by atoms with Gasteiger partial charge in [0.05, 0.1) is 18.2 Å².